The van der Waals surface area contributed by atoms with E-state index < -0.39 is 0 Å². The molecule has 2 aromatic carbocycles. The second-order valence-corrected chi connectivity index (χ2v) is 9.58. The molecule has 1 saturated carbocycles. The summed E-state index contributed by atoms with van der Waals surface area (Å²) in [7, 11) is 0. The number of piperidine rings is 1. The van der Waals surface area contributed by atoms with Crippen LogP contribution < -0.4 is 15.1 Å². The quantitative estimate of drug-likeness (QED) is 0.679. The van der Waals surface area contributed by atoms with Gasteiger partial charge in [0.25, 0.3) is 5.91 Å². The third kappa shape index (κ3) is 4.14. The molecule has 1 N–H and O–H groups in total. The maximum atomic E-state index is 13.4. The first-order valence-corrected chi connectivity index (χ1v) is 12.2. The summed E-state index contributed by atoms with van der Waals surface area (Å²) >= 11 is 0. The maximum absolute atomic E-state index is 13.4. The number of fused-ring (bicyclic) bond motifs is 1. The van der Waals surface area contributed by atoms with Gasteiger partial charge in [0.05, 0.1) is 23.1 Å². The monoisotopic (exact) mass is 445 g/mol. The van der Waals surface area contributed by atoms with E-state index in [1.807, 2.05) is 43.3 Å². The summed E-state index contributed by atoms with van der Waals surface area (Å²) in [6.07, 6.45) is 6.91. The van der Waals surface area contributed by atoms with Crippen LogP contribution in [0.1, 0.15) is 60.9 Å². The van der Waals surface area contributed by atoms with Crippen LogP contribution in [0.5, 0.6) is 0 Å². The van der Waals surface area contributed by atoms with Crippen molar-refractivity contribution < 1.29 is 14.4 Å². The van der Waals surface area contributed by atoms with Gasteiger partial charge < -0.3 is 10.2 Å². The van der Waals surface area contributed by atoms with E-state index in [1.165, 1.54) is 11.3 Å². The zero-order valence-corrected chi connectivity index (χ0v) is 19.2. The fraction of sp³-hybridized carbons (Fsp3) is 0.444. The molecule has 2 unspecified atom stereocenters. The molecule has 172 valence electrons. The number of benzene rings is 2. The first kappa shape index (κ1) is 21.7. The van der Waals surface area contributed by atoms with Crippen LogP contribution in [-0.4, -0.2) is 30.8 Å². The Balaban J connectivity index is 1.50. The molecule has 2 aliphatic heterocycles. The van der Waals surface area contributed by atoms with Crippen molar-refractivity contribution in [2.45, 2.75) is 51.9 Å². The van der Waals surface area contributed by atoms with Crippen LogP contribution >= 0.6 is 0 Å². The number of carbonyl (C=O) groups is 3. The molecule has 5 rings (SSSR count). The number of carbonyl (C=O) groups excluding carboxylic acids is 3. The minimum absolute atomic E-state index is 0.111. The lowest BCUT2D eigenvalue weighted by molar-refractivity contribution is -0.122. The van der Waals surface area contributed by atoms with Gasteiger partial charge in [0.2, 0.25) is 11.8 Å². The Kier molecular flexibility index (Phi) is 5.92. The van der Waals surface area contributed by atoms with Crippen molar-refractivity contribution in [1.29, 1.82) is 0 Å². The highest BCUT2D eigenvalue weighted by atomic mass is 16.2. The third-order valence-corrected chi connectivity index (χ3v) is 7.33. The lowest BCUT2D eigenvalue weighted by atomic mass is 9.81. The van der Waals surface area contributed by atoms with Gasteiger partial charge in [-0.2, -0.15) is 0 Å². The van der Waals surface area contributed by atoms with E-state index in [2.05, 4.69) is 10.2 Å². The molecule has 6 nitrogen and oxygen atoms in total. The highest BCUT2D eigenvalue weighted by molar-refractivity contribution is 6.22. The lowest BCUT2D eigenvalue weighted by Gasteiger charge is -2.31. The van der Waals surface area contributed by atoms with E-state index >= 15 is 0 Å². The first-order chi connectivity index (χ1) is 16.0. The molecule has 6 heteroatoms. The molecule has 2 aromatic rings. The second-order valence-electron chi connectivity index (χ2n) is 9.58. The van der Waals surface area contributed by atoms with Gasteiger partial charge in [-0.1, -0.05) is 30.5 Å². The number of aryl methyl sites for hydroxylation is 1. The lowest BCUT2D eigenvalue weighted by Crippen LogP contribution is -2.33. The molecule has 1 aliphatic carbocycles. The maximum Gasteiger partial charge on any atom is 0.257 e. The topological polar surface area (TPSA) is 69.7 Å². The van der Waals surface area contributed by atoms with Crippen LogP contribution in [0.4, 0.5) is 17.1 Å². The molecule has 2 saturated heterocycles. The van der Waals surface area contributed by atoms with Crippen molar-refractivity contribution in [1.82, 2.24) is 0 Å². The Morgan fingerprint density at radius 2 is 1.48 bits per heavy atom. The Bertz CT molecular complexity index is 1050. The number of rotatable bonds is 4. The van der Waals surface area contributed by atoms with E-state index in [-0.39, 0.29) is 29.6 Å². The standard InChI is InChI=1S/C27H31N3O3/c1-18-9-11-19(12-10-18)28-25(31)23-17-20(13-14-24(23)29-15-5-2-6-16-29)30-26(32)21-7-3-4-8-22(21)27(30)33/h9-14,17,21-22H,2-8,15-16H2,1H3,(H,28,31). The summed E-state index contributed by atoms with van der Waals surface area (Å²) in [4.78, 5) is 43.3. The first-order valence-electron chi connectivity index (χ1n) is 12.2. The summed E-state index contributed by atoms with van der Waals surface area (Å²) in [5.74, 6) is -0.867. The van der Waals surface area contributed by atoms with Crippen molar-refractivity contribution in [2.75, 3.05) is 28.2 Å². The fourth-order valence-corrected chi connectivity index (χ4v) is 5.51. The van der Waals surface area contributed by atoms with Crippen molar-refractivity contribution >= 4 is 34.8 Å². The van der Waals surface area contributed by atoms with E-state index in [1.54, 1.807) is 6.07 Å². The highest BCUT2D eigenvalue weighted by Crippen LogP contribution is 2.41. The zero-order valence-electron chi connectivity index (χ0n) is 19.2. The summed E-state index contributed by atoms with van der Waals surface area (Å²) in [6, 6.07) is 13.2. The molecule has 0 aromatic heterocycles. The number of nitrogens with zero attached hydrogens (tertiary/aromatic N) is 2. The number of hydrogen-bond acceptors (Lipinski definition) is 4. The fourth-order valence-electron chi connectivity index (χ4n) is 5.51. The smallest absolute Gasteiger partial charge is 0.257 e. The molecule has 2 atom stereocenters. The van der Waals surface area contributed by atoms with Crippen molar-refractivity contribution in [3.05, 3.63) is 53.6 Å². The van der Waals surface area contributed by atoms with Crippen LogP contribution in [0.3, 0.4) is 0 Å². The number of nitrogens with one attached hydrogen (secondary N) is 1. The van der Waals surface area contributed by atoms with Crippen molar-refractivity contribution in [3.8, 4) is 0 Å². The van der Waals surface area contributed by atoms with Gasteiger partial charge in [-0.25, -0.2) is 0 Å². The van der Waals surface area contributed by atoms with Crippen LogP contribution in [0.15, 0.2) is 42.5 Å². The van der Waals surface area contributed by atoms with Crippen molar-refractivity contribution in [3.63, 3.8) is 0 Å². The molecular formula is C27H31N3O3. The van der Waals surface area contributed by atoms with Gasteiger partial charge in [-0.05, 0) is 69.4 Å². The predicted octanol–water partition coefficient (Wildman–Crippen LogP) is 4.92. The zero-order chi connectivity index (χ0) is 22.9. The van der Waals surface area contributed by atoms with E-state index in [9.17, 15) is 14.4 Å². The Morgan fingerprint density at radius 1 is 0.848 bits per heavy atom. The van der Waals surface area contributed by atoms with E-state index in [0.717, 1.165) is 68.6 Å². The minimum Gasteiger partial charge on any atom is -0.371 e. The summed E-state index contributed by atoms with van der Waals surface area (Å²) < 4.78 is 0. The largest absolute Gasteiger partial charge is 0.371 e. The van der Waals surface area contributed by atoms with Crippen molar-refractivity contribution in [2.24, 2.45) is 11.8 Å². The Labute approximate surface area is 194 Å². The summed E-state index contributed by atoms with van der Waals surface area (Å²) in [6.45, 7) is 3.80. The number of anilines is 3. The van der Waals surface area contributed by atoms with Crippen LogP contribution in [0.25, 0.3) is 0 Å². The molecule has 2 heterocycles. The van der Waals surface area contributed by atoms with Gasteiger partial charge in [-0.15, -0.1) is 0 Å². The van der Waals surface area contributed by atoms with Gasteiger partial charge in [0.1, 0.15) is 0 Å². The number of hydrogen-bond donors (Lipinski definition) is 1. The van der Waals surface area contributed by atoms with E-state index in [4.69, 9.17) is 0 Å². The SMILES string of the molecule is Cc1ccc(NC(=O)c2cc(N3C(=O)C4CCCCC4C3=O)ccc2N2CCCCC2)cc1. The average Bonchev–Trinajstić information content (AvgIpc) is 3.11. The van der Waals surface area contributed by atoms with Gasteiger partial charge in [0, 0.05) is 24.5 Å². The van der Waals surface area contributed by atoms with Gasteiger partial charge in [0.15, 0.2) is 0 Å². The van der Waals surface area contributed by atoms with Crippen LogP contribution in [0, 0.1) is 18.8 Å². The molecule has 3 fully saturated rings. The predicted molar refractivity (Wildman–Crippen MR) is 130 cm³/mol. The number of amides is 3. The van der Waals surface area contributed by atoms with Crippen LogP contribution in [-0.2, 0) is 9.59 Å². The molecule has 0 radical (unpaired) electrons. The molecule has 0 spiro atoms. The minimum atomic E-state index is -0.224. The summed E-state index contributed by atoms with van der Waals surface area (Å²) in [5, 5.41) is 3.00. The molecular weight excluding hydrogens is 414 g/mol. The number of imide groups is 1. The normalized spacial score (nSPS) is 22.9. The molecule has 3 amide bonds. The second kappa shape index (κ2) is 9.00. The highest BCUT2D eigenvalue weighted by Gasteiger charge is 2.48. The third-order valence-electron chi connectivity index (χ3n) is 7.33. The molecule has 0 bridgehead atoms. The van der Waals surface area contributed by atoms with Crippen LogP contribution in [0.2, 0.25) is 0 Å². The summed E-state index contributed by atoms with van der Waals surface area (Å²) in [5.41, 5.74) is 3.72. The van der Waals surface area contributed by atoms with E-state index in [0.29, 0.717) is 11.3 Å². The Hall–Kier alpha value is -3.15. The van der Waals surface area contributed by atoms with Gasteiger partial charge in [-0.3, -0.25) is 19.3 Å². The van der Waals surface area contributed by atoms with Gasteiger partial charge >= 0.3 is 0 Å². The average molecular weight is 446 g/mol. The molecule has 33 heavy (non-hydrogen) atoms. The molecule has 3 aliphatic rings. The Morgan fingerprint density at radius 3 is 2.12 bits per heavy atom.